The lowest BCUT2D eigenvalue weighted by Gasteiger charge is -2.73. The van der Waals surface area contributed by atoms with Gasteiger partial charge in [-0.3, -0.25) is 4.79 Å². The van der Waals surface area contributed by atoms with Crippen LogP contribution >= 0.6 is 0 Å². The first-order valence-corrected chi connectivity index (χ1v) is 81.1. The van der Waals surface area contributed by atoms with Gasteiger partial charge in [-0.15, -0.1) is 0 Å². The van der Waals surface area contributed by atoms with Crippen molar-refractivity contribution in [1.29, 1.82) is 0 Å². The highest BCUT2D eigenvalue weighted by molar-refractivity contribution is 6.77. The van der Waals surface area contributed by atoms with Gasteiger partial charge in [0.15, 0.2) is 99.8 Å². The van der Waals surface area contributed by atoms with Crippen molar-refractivity contribution >= 4 is 93.0 Å². The van der Waals surface area contributed by atoms with Crippen molar-refractivity contribution in [3.05, 3.63) is 47.5 Å². The number of allylic oxidation sites excluding steroid dienone is 2. The molecule has 4 bridgehead atoms. The van der Waals surface area contributed by atoms with E-state index in [-0.39, 0.29) is 73.4 Å². The molecule has 0 spiro atoms. The van der Waals surface area contributed by atoms with Crippen molar-refractivity contribution in [3.63, 3.8) is 0 Å². The van der Waals surface area contributed by atoms with Crippen LogP contribution in [0.3, 0.4) is 0 Å². The van der Waals surface area contributed by atoms with Crippen LogP contribution in [0, 0.1) is 56.2 Å². The van der Waals surface area contributed by atoms with Crippen LogP contribution in [0.5, 0.6) is 0 Å². The molecule has 3 heterocycles. The number of hydrogen-bond acceptors (Lipinski definition) is 20. The molecule has 1 amide bonds. The van der Waals surface area contributed by atoms with Gasteiger partial charge in [0.2, 0.25) is 5.91 Å². The topological polar surface area (TPSA) is 231 Å². The van der Waals surface area contributed by atoms with Crippen LogP contribution in [0.2, 0.25) is 163 Å². The molecule has 6 aliphatic carbocycles. The molecular formula is C111H209NO20Si9. The number of aldehydes is 1. The number of rotatable bonds is 59. The average Bonchev–Trinajstić information content (AvgIpc) is 1.49. The zero-order valence-electron chi connectivity index (χ0n) is 95.7. The van der Waals surface area contributed by atoms with Gasteiger partial charge < -0.3 is 88.2 Å². The highest BCUT2D eigenvalue weighted by Crippen LogP contribution is 2.83. The van der Waals surface area contributed by atoms with Crippen LogP contribution in [-0.2, 0) is 94.0 Å². The van der Waals surface area contributed by atoms with Gasteiger partial charge in [-0.05, 0) is 272 Å². The molecule has 0 aromatic heterocycles. The predicted octanol–water partition coefficient (Wildman–Crippen LogP) is 27.5. The number of hydrogen-bond donors (Lipinski definition) is 2. The Morgan fingerprint density at radius 2 is 0.887 bits per heavy atom. The number of aliphatic hydroxyl groups excluding tert-OH is 1. The standard InChI is InChI=1S/C111H209NO20Si9/c1-34-133(35-2,36-3)119-79-85-91(126-135(40-7,41-8)42-9)94(128-137(46-13,47-14)48-15)99(131-140(55-22,56-23)57-24)103(120-85)124-97-93(122-101-98(130-139(52-19,53-20)54-21)92(127-136(43-10,44-11)45-12)86(78-118-101)125-134(37-4,38-5)39-6)95(129-138(49-16,50-17)51-18)96(100(115)117-77-82-64-62-61-63-65-82)123-102(97)121-90-69-70-106(30)87(107(90,31)81-114)68-71-108(32)88(106)67-66-83-84-76-89-105(28,29)72-73-110(84,104(116)112-74-75-113)111(89,80-109(83,108)33)132-141(58-25,59-26)60-27/h61-66,81,84-99,101-103,113H,34-60,67-80H2,1-33H3,(H,112,116)/t84?,85?,86-,87?,88?,89?,90?,91+,92?,93?,94?,95+,96?,97?,98?,99?,101+,102-,103+,106?,107?,108?,109?,110+,111-/m1/s1. The maximum Gasteiger partial charge on any atom is 0.338 e. The molecule has 141 heavy (non-hydrogen) atoms. The predicted molar refractivity (Wildman–Crippen MR) is 595 cm³/mol. The molecule has 30 heteroatoms. The summed E-state index contributed by atoms with van der Waals surface area (Å²) >= 11 is 0. The van der Waals surface area contributed by atoms with Gasteiger partial charge in [0, 0.05) is 6.54 Å². The molecule has 17 unspecified atom stereocenters. The molecule has 3 aliphatic heterocycles. The van der Waals surface area contributed by atoms with E-state index in [4.69, 9.17) is 73.0 Å². The second-order valence-electron chi connectivity index (χ2n) is 47.0. The van der Waals surface area contributed by atoms with Crippen molar-refractivity contribution in [2.24, 2.45) is 56.2 Å². The fourth-order valence-electron chi connectivity index (χ4n) is 30.2. The zero-order valence-corrected chi connectivity index (χ0v) is 105. The summed E-state index contributed by atoms with van der Waals surface area (Å²) in [6.45, 7) is 77.3. The van der Waals surface area contributed by atoms with Gasteiger partial charge in [0.05, 0.1) is 48.5 Å². The number of carbonyl (C=O) groups is 3. The smallest absolute Gasteiger partial charge is 0.338 e. The Hall–Kier alpha value is -1.12. The molecule has 1 aromatic carbocycles. The normalized spacial score (nSPS) is 34.3. The van der Waals surface area contributed by atoms with Gasteiger partial charge in [-0.25, -0.2) is 4.79 Å². The van der Waals surface area contributed by atoms with E-state index in [1.807, 2.05) is 30.3 Å². The van der Waals surface area contributed by atoms with Gasteiger partial charge >= 0.3 is 5.97 Å². The Kier molecular flexibility index (Phi) is 43.5. The summed E-state index contributed by atoms with van der Waals surface area (Å²) in [4.78, 5) is 49.0. The molecule has 1 aromatic rings. The number of ether oxygens (including phenoxy) is 7. The molecule has 5 saturated carbocycles. The van der Waals surface area contributed by atoms with Crippen molar-refractivity contribution in [2.75, 3.05) is 26.4 Å². The minimum atomic E-state index is -3.00. The van der Waals surface area contributed by atoms with E-state index in [0.717, 1.165) is 196 Å². The molecular weight excluding hydrogens is 1920 g/mol. The molecule has 2 N–H and O–H groups in total. The van der Waals surface area contributed by atoms with Gasteiger partial charge in [0.25, 0.3) is 0 Å². The molecule has 21 nitrogen and oxygen atoms in total. The van der Waals surface area contributed by atoms with Crippen LogP contribution in [-0.4, -0.2) is 222 Å². The largest absolute Gasteiger partial charge is 0.459 e. The third-order valence-corrected chi connectivity index (χ3v) is 84.4. The SMILES string of the molecule is CC[Si](CC)(CC)OCC1O[C@@H](OC2C(O[C@@H]3OC[C@@H](O[Si](CC)(CC)CC)C(O[Si](CC)(CC)CC)C3O[Si](CC)(CC)CC)[C@H](O[Si](CC)(CC)CC)C(C(=O)OCc3ccccc3)O[C@H]2OC2CCC3(C)C(CCC4(C)C3CC=C3C5CC6C(C)(C)CC[C@]5(C(=O)NCCO)[C@@]6(O[Si](CC)(CC)CC)CC34C)C2(C)C=O)C(O[Si](CC)(CC)CC)C(O[Si](CC)(CC)CC)[C@H]1O[Si](CC)(CC)CC. The summed E-state index contributed by atoms with van der Waals surface area (Å²) in [6.07, 6.45) is -4.55. The molecule has 3 saturated heterocycles. The first-order chi connectivity index (χ1) is 67.1. The lowest BCUT2D eigenvalue weighted by atomic mass is 9.33. The first kappa shape index (κ1) is 122. The number of aliphatic hydroxyl groups is 1. The number of nitrogens with one attached hydrogen (secondary N) is 1. The number of esters is 1. The minimum Gasteiger partial charge on any atom is -0.459 e. The first-order valence-electron chi connectivity index (χ1n) is 58.3. The Bertz CT molecular complexity index is 4000. The Balaban J connectivity index is 1.28. The summed E-state index contributed by atoms with van der Waals surface area (Å²) in [7, 11) is -23.8. The second-order valence-corrected chi connectivity index (χ2v) is 89.5. The summed E-state index contributed by atoms with van der Waals surface area (Å²) < 4.78 is 131. The van der Waals surface area contributed by atoms with Gasteiger partial charge in [-0.1, -0.05) is 270 Å². The maximum atomic E-state index is 17.0. The zero-order chi connectivity index (χ0) is 104. The summed E-state index contributed by atoms with van der Waals surface area (Å²) in [5.74, 6) is -0.599. The lowest BCUT2D eigenvalue weighted by molar-refractivity contribution is -0.387. The quantitative estimate of drug-likeness (QED) is 0.0203. The highest BCUT2D eigenvalue weighted by atomic mass is 28.4. The van der Waals surface area contributed by atoms with E-state index in [1.165, 1.54) is 11.9 Å². The fourth-order valence-corrected chi connectivity index (χ4v) is 55.8. The van der Waals surface area contributed by atoms with Crippen LogP contribution in [0.25, 0.3) is 0 Å². The van der Waals surface area contributed by atoms with Gasteiger partial charge in [-0.2, -0.15) is 0 Å². The van der Waals surface area contributed by atoms with Crippen LogP contribution in [0.1, 0.15) is 292 Å². The van der Waals surface area contributed by atoms with Crippen molar-refractivity contribution in [2.45, 2.75) is 554 Å². The molecule has 10 rings (SSSR count). The third kappa shape index (κ3) is 23.1. The Morgan fingerprint density at radius 1 is 0.447 bits per heavy atom. The molecule has 25 atom stereocenters. The van der Waals surface area contributed by atoms with Gasteiger partial charge in [0.1, 0.15) is 67.8 Å². The number of benzene rings is 1. The summed E-state index contributed by atoms with van der Waals surface area (Å²) in [5, 5.41) is 13.9. The van der Waals surface area contributed by atoms with E-state index in [0.29, 0.717) is 31.0 Å². The van der Waals surface area contributed by atoms with E-state index >= 15 is 14.4 Å². The van der Waals surface area contributed by atoms with Crippen LogP contribution in [0.15, 0.2) is 42.0 Å². The molecule has 8 fully saturated rings. The monoisotopic (exact) mass is 2130 g/mol. The summed E-state index contributed by atoms with van der Waals surface area (Å²) in [5.41, 5.74) is -1.72. The van der Waals surface area contributed by atoms with E-state index < -0.39 is 200 Å². The third-order valence-electron chi connectivity index (χ3n) is 42.6. The average molecular weight is 2130 g/mol. The van der Waals surface area contributed by atoms with Crippen molar-refractivity contribution in [1.82, 2.24) is 5.32 Å². The Morgan fingerprint density at radius 3 is 1.36 bits per heavy atom. The maximum absolute atomic E-state index is 17.0. The fraction of sp³-hybridized carbons (Fsp3) is 0.901. The number of amides is 1. The van der Waals surface area contributed by atoms with Crippen LogP contribution in [0.4, 0.5) is 0 Å². The van der Waals surface area contributed by atoms with E-state index in [9.17, 15) is 5.11 Å². The van der Waals surface area contributed by atoms with Crippen LogP contribution < -0.4 is 5.32 Å². The number of fused-ring (bicyclic) bond motifs is 6. The minimum absolute atomic E-state index is 0.0446. The molecule has 0 radical (unpaired) electrons. The van der Waals surface area contributed by atoms with Crippen molar-refractivity contribution in [3.8, 4) is 0 Å². The highest BCUT2D eigenvalue weighted by Gasteiger charge is 2.82. The van der Waals surface area contributed by atoms with Crippen molar-refractivity contribution < 1.29 is 92.5 Å². The summed E-state index contributed by atoms with van der Waals surface area (Å²) in [6, 6.07) is 33.3. The molecule has 814 valence electrons. The van der Waals surface area contributed by atoms with E-state index in [1.54, 1.807) is 0 Å². The molecule has 9 aliphatic rings. The second kappa shape index (κ2) is 50.4. The number of carbonyl (C=O) groups excluding carboxylic acids is 3. The Labute approximate surface area is 868 Å². The lowest BCUT2D eigenvalue weighted by Crippen LogP contribution is -2.73. The van der Waals surface area contributed by atoms with E-state index in [2.05, 4.69) is 240 Å².